The maximum absolute atomic E-state index is 13.3. The minimum Gasteiger partial charge on any atom is -0.456 e. The summed E-state index contributed by atoms with van der Waals surface area (Å²) in [6.07, 6.45) is 4.45. The van der Waals surface area contributed by atoms with Crippen molar-refractivity contribution in [2.45, 2.75) is 45.3 Å². The molecule has 1 amide bonds. The second kappa shape index (κ2) is 6.26. The highest BCUT2D eigenvalue weighted by atomic mass is 16.6. The monoisotopic (exact) mass is 378 g/mol. The van der Waals surface area contributed by atoms with Crippen LogP contribution in [0.15, 0.2) is 34.7 Å². The zero-order valence-corrected chi connectivity index (χ0v) is 15.7. The maximum atomic E-state index is 13.3. The summed E-state index contributed by atoms with van der Waals surface area (Å²) in [5.74, 6) is -0.419. The van der Waals surface area contributed by atoms with Crippen LogP contribution >= 0.6 is 0 Å². The fourth-order valence-electron chi connectivity index (χ4n) is 4.50. The number of nitrogen functional groups attached to an aromatic ring is 1. The maximum Gasteiger partial charge on any atom is 0.342 e. The van der Waals surface area contributed by atoms with E-state index in [-0.39, 0.29) is 11.8 Å². The number of amides is 1. The van der Waals surface area contributed by atoms with Gasteiger partial charge in [0.1, 0.15) is 11.2 Å². The van der Waals surface area contributed by atoms with Crippen LogP contribution in [0.25, 0.3) is 21.9 Å². The van der Waals surface area contributed by atoms with Gasteiger partial charge in [0.05, 0.1) is 11.3 Å². The molecule has 1 saturated carbocycles. The molecule has 0 saturated heterocycles. The largest absolute Gasteiger partial charge is 0.456 e. The third kappa shape index (κ3) is 2.55. The molecule has 6 nitrogen and oxygen atoms in total. The molecule has 0 bridgehead atoms. The van der Waals surface area contributed by atoms with Gasteiger partial charge in [0, 0.05) is 22.4 Å². The first-order chi connectivity index (χ1) is 13.5. The Labute approximate surface area is 162 Å². The van der Waals surface area contributed by atoms with E-state index in [1.807, 2.05) is 18.2 Å². The number of furan rings is 1. The Morgan fingerprint density at radius 3 is 2.61 bits per heavy atom. The fourth-order valence-corrected chi connectivity index (χ4v) is 4.50. The standard InChI is InChI=1S/C22H22N2O4/c1-12-24(21(25)13-5-3-2-4-6-13)18-10-16-15-9-14(23)7-8-19(15)28-20(16)11-17(18)22(26)27-12/h7-13H,2-6,23H2,1H3. The molecular weight excluding hydrogens is 356 g/mol. The fraction of sp³-hybridized carbons (Fsp3) is 0.364. The van der Waals surface area contributed by atoms with Crippen molar-refractivity contribution < 1.29 is 18.7 Å². The molecule has 1 aliphatic carbocycles. The first-order valence-electron chi connectivity index (χ1n) is 9.83. The van der Waals surface area contributed by atoms with Crippen molar-refractivity contribution in [2.24, 2.45) is 5.92 Å². The van der Waals surface area contributed by atoms with Crippen LogP contribution in [-0.2, 0) is 9.53 Å². The molecule has 2 aromatic carbocycles. The molecule has 1 atom stereocenters. The van der Waals surface area contributed by atoms with E-state index in [1.54, 1.807) is 24.0 Å². The van der Waals surface area contributed by atoms with E-state index >= 15 is 0 Å². The number of hydrogen-bond acceptors (Lipinski definition) is 5. The van der Waals surface area contributed by atoms with Crippen molar-refractivity contribution >= 4 is 45.2 Å². The van der Waals surface area contributed by atoms with Crippen LogP contribution in [0.1, 0.15) is 49.4 Å². The molecule has 28 heavy (non-hydrogen) atoms. The van der Waals surface area contributed by atoms with Crippen LogP contribution < -0.4 is 10.6 Å². The number of anilines is 2. The van der Waals surface area contributed by atoms with Gasteiger partial charge in [-0.15, -0.1) is 0 Å². The van der Waals surface area contributed by atoms with E-state index in [0.29, 0.717) is 28.1 Å². The molecule has 1 fully saturated rings. The minimum absolute atomic E-state index is 0.0201. The topological polar surface area (TPSA) is 85.8 Å². The number of ether oxygens (including phenoxy) is 1. The molecule has 6 heteroatoms. The van der Waals surface area contributed by atoms with Crippen LogP contribution in [0.5, 0.6) is 0 Å². The number of hydrogen-bond donors (Lipinski definition) is 1. The van der Waals surface area contributed by atoms with Gasteiger partial charge in [0.2, 0.25) is 5.91 Å². The summed E-state index contributed by atoms with van der Waals surface area (Å²) in [5, 5.41) is 1.71. The van der Waals surface area contributed by atoms with Gasteiger partial charge in [0.15, 0.2) is 6.23 Å². The number of carbonyl (C=O) groups excluding carboxylic acids is 2. The highest BCUT2D eigenvalue weighted by Crippen LogP contribution is 2.39. The lowest BCUT2D eigenvalue weighted by Gasteiger charge is -2.37. The molecule has 2 N–H and O–H groups in total. The summed E-state index contributed by atoms with van der Waals surface area (Å²) < 4.78 is 11.4. The SMILES string of the molecule is CC1OC(=O)c2cc3oc4ccc(N)cc4c3cc2N1C(=O)C1CCCCC1. The molecule has 2 heterocycles. The predicted molar refractivity (Wildman–Crippen MR) is 107 cm³/mol. The summed E-state index contributed by atoms with van der Waals surface area (Å²) in [6.45, 7) is 1.75. The summed E-state index contributed by atoms with van der Waals surface area (Å²) >= 11 is 0. The number of benzene rings is 2. The van der Waals surface area contributed by atoms with Crippen LogP contribution in [0.3, 0.4) is 0 Å². The predicted octanol–water partition coefficient (Wildman–Crippen LogP) is 4.60. The highest BCUT2D eigenvalue weighted by molar-refractivity contribution is 6.13. The van der Waals surface area contributed by atoms with Gasteiger partial charge in [-0.2, -0.15) is 0 Å². The van der Waals surface area contributed by atoms with Crippen molar-refractivity contribution in [1.29, 1.82) is 0 Å². The Morgan fingerprint density at radius 1 is 1.07 bits per heavy atom. The Morgan fingerprint density at radius 2 is 1.82 bits per heavy atom. The number of carbonyl (C=O) groups is 2. The average Bonchev–Trinajstić information content (AvgIpc) is 3.04. The first-order valence-corrected chi connectivity index (χ1v) is 9.83. The van der Waals surface area contributed by atoms with E-state index < -0.39 is 12.2 Å². The summed E-state index contributed by atoms with van der Waals surface area (Å²) in [4.78, 5) is 27.5. The number of fused-ring (bicyclic) bond motifs is 4. The minimum atomic E-state index is -0.630. The van der Waals surface area contributed by atoms with E-state index in [1.165, 1.54) is 6.42 Å². The Kier molecular flexibility index (Phi) is 3.82. The van der Waals surface area contributed by atoms with Gasteiger partial charge in [-0.1, -0.05) is 19.3 Å². The van der Waals surface area contributed by atoms with Crippen LogP contribution in [0.4, 0.5) is 11.4 Å². The van der Waals surface area contributed by atoms with Gasteiger partial charge in [-0.3, -0.25) is 9.69 Å². The van der Waals surface area contributed by atoms with E-state index in [2.05, 4.69) is 0 Å². The lowest BCUT2D eigenvalue weighted by atomic mass is 9.87. The van der Waals surface area contributed by atoms with E-state index in [0.717, 1.165) is 36.5 Å². The second-order valence-corrected chi connectivity index (χ2v) is 7.77. The smallest absolute Gasteiger partial charge is 0.342 e. The average molecular weight is 378 g/mol. The third-order valence-electron chi connectivity index (χ3n) is 5.92. The van der Waals surface area contributed by atoms with Crippen molar-refractivity contribution in [3.05, 3.63) is 35.9 Å². The van der Waals surface area contributed by atoms with Crippen LogP contribution in [-0.4, -0.2) is 18.1 Å². The number of esters is 1. The quantitative estimate of drug-likeness (QED) is 0.494. The lowest BCUT2D eigenvalue weighted by Crippen LogP contribution is -2.48. The normalized spacial score (nSPS) is 20.4. The van der Waals surface area contributed by atoms with Gasteiger partial charge in [0.25, 0.3) is 0 Å². The molecular formula is C22H22N2O4. The molecule has 0 spiro atoms. The number of nitrogens with two attached hydrogens (primary N) is 1. The summed E-state index contributed by atoms with van der Waals surface area (Å²) in [6, 6.07) is 8.99. The Bertz CT molecular complexity index is 1110. The number of cyclic esters (lactones) is 1. The van der Waals surface area contributed by atoms with Crippen LogP contribution in [0, 0.1) is 5.92 Å². The van der Waals surface area contributed by atoms with Gasteiger partial charge in [-0.05, 0) is 50.1 Å². The van der Waals surface area contributed by atoms with E-state index in [4.69, 9.17) is 14.9 Å². The highest BCUT2D eigenvalue weighted by Gasteiger charge is 2.38. The molecule has 1 aromatic heterocycles. The van der Waals surface area contributed by atoms with Crippen molar-refractivity contribution in [2.75, 3.05) is 10.6 Å². The summed E-state index contributed by atoms with van der Waals surface area (Å²) in [5.41, 5.74) is 8.81. The molecule has 144 valence electrons. The van der Waals surface area contributed by atoms with Gasteiger partial charge in [-0.25, -0.2) is 4.79 Å². The summed E-state index contributed by atoms with van der Waals surface area (Å²) in [7, 11) is 0. The molecule has 1 unspecified atom stereocenters. The van der Waals surface area contributed by atoms with Crippen LogP contribution in [0.2, 0.25) is 0 Å². The zero-order chi connectivity index (χ0) is 19.4. The molecule has 2 aliphatic rings. The van der Waals surface area contributed by atoms with E-state index in [9.17, 15) is 9.59 Å². The number of nitrogens with zero attached hydrogens (tertiary/aromatic N) is 1. The first kappa shape index (κ1) is 17.1. The second-order valence-electron chi connectivity index (χ2n) is 7.77. The number of rotatable bonds is 1. The molecule has 1 aliphatic heterocycles. The zero-order valence-electron chi connectivity index (χ0n) is 15.7. The lowest BCUT2D eigenvalue weighted by molar-refractivity contribution is -0.125. The molecule has 0 radical (unpaired) electrons. The van der Waals surface area contributed by atoms with Gasteiger partial charge < -0.3 is 14.9 Å². The molecule has 5 rings (SSSR count). The van der Waals surface area contributed by atoms with Crippen molar-refractivity contribution in [1.82, 2.24) is 0 Å². The van der Waals surface area contributed by atoms with Gasteiger partial charge >= 0.3 is 5.97 Å². The Balaban J connectivity index is 1.69. The van der Waals surface area contributed by atoms with Crippen molar-refractivity contribution in [3.8, 4) is 0 Å². The third-order valence-corrected chi connectivity index (χ3v) is 5.92. The molecule has 3 aromatic rings. The van der Waals surface area contributed by atoms with Crippen molar-refractivity contribution in [3.63, 3.8) is 0 Å². The Hall–Kier alpha value is -3.02.